The standard InChI is InChI=1S/C35H43N5O5/c1-24(2)19-26(20-32(41)37-22-33-36-17-18-44-33)38-35(42)28-21-29(40(39-28)27-13-8-5-9-14-27)34-30(43-3)15-10-16-31(34)45-23-25-11-6-4-7-12-25/h4,6-7,10-12,15-18,21,24,26-27H,5,8-9,13-14,19-20,22-23H2,1-3H3,(H,37,41)(H,38,42). The zero-order chi connectivity index (χ0) is 31.6. The molecular formula is C35H43N5O5. The Hall–Kier alpha value is -4.60. The van der Waals surface area contributed by atoms with Crippen LogP contribution in [0.5, 0.6) is 11.5 Å². The van der Waals surface area contributed by atoms with Crippen LogP contribution in [0, 0.1) is 5.92 Å². The summed E-state index contributed by atoms with van der Waals surface area (Å²) in [6.45, 7) is 4.72. The molecule has 1 unspecified atom stereocenters. The van der Waals surface area contributed by atoms with Gasteiger partial charge < -0.3 is 24.5 Å². The molecule has 1 aliphatic rings. The number of oxazole rings is 1. The lowest BCUT2D eigenvalue weighted by Gasteiger charge is -2.25. The van der Waals surface area contributed by atoms with Gasteiger partial charge in [-0.25, -0.2) is 4.98 Å². The molecular weight excluding hydrogens is 570 g/mol. The monoisotopic (exact) mass is 613 g/mol. The van der Waals surface area contributed by atoms with Crippen LogP contribution in [0.3, 0.4) is 0 Å². The summed E-state index contributed by atoms with van der Waals surface area (Å²) in [4.78, 5) is 30.6. The fourth-order valence-corrected chi connectivity index (χ4v) is 5.92. The second kappa shape index (κ2) is 15.4. The predicted molar refractivity (Wildman–Crippen MR) is 171 cm³/mol. The Balaban J connectivity index is 1.42. The van der Waals surface area contributed by atoms with E-state index in [1.165, 1.54) is 18.9 Å². The van der Waals surface area contributed by atoms with Crippen molar-refractivity contribution in [1.29, 1.82) is 0 Å². The maximum Gasteiger partial charge on any atom is 0.272 e. The first-order valence-electron chi connectivity index (χ1n) is 15.8. The maximum absolute atomic E-state index is 13.8. The average Bonchev–Trinajstić information content (AvgIpc) is 3.74. The van der Waals surface area contributed by atoms with Crippen molar-refractivity contribution in [3.05, 3.63) is 84.2 Å². The third kappa shape index (κ3) is 8.53. The predicted octanol–water partition coefficient (Wildman–Crippen LogP) is 6.48. The molecule has 2 amide bonds. The molecule has 0 radical (unpaired) electrons. The van der Waals surface area contributed by atoms with E-state index in [0.29, 0.717) is 36.1 Å². The van der Waals surface area contributed by atoms with Gasteiger partial charge in [0.2, 0.25) is 11.8 Å². The number of methoxy groups -OCH3 is 1. The fourth-order valence-electron chi connectivity index (χ4n) is 5.92. The van der Waals surface area contributed by atoms with E-state index in [-0.39, 0.29) is 42.8 Å². The Morgan fingerprint density at radius 3 is 2.53 bits per heavy atom. The first kappa shape index (κ1) is 31.8. The minimum Gasteiger partial charge on any atom is -0.496 e. The van der Waals surface area contributed by atoms with Crippen molar-refractivity contribution in [1.82, 2.24) is 25.4 Å². The lowest BCUT2D eigenvalue weighted by molar-refractivity contribution is -0.121. The largest absolute Gasteiger partial charge is 0.496 e. The number of hydrogen-bond acceptors (Lipinski definition) is 7. The van der Waals surface area contributed by atoms with Crippen LogP contribution < -0.4 is 20.1 Å². The number of rotatable bonds is 14. The van der Waals surface area contributed by atoms with Gasteiger partial charge in [0.1, 0.15) is 24.4 Å². The number of benzene rings is 2. The van der Waals surface area contributed by atoms with Gasteiger partial charge in [-0.1, -0.05) is 69.5 Å². The normalized spacial score (nSPS) is 14.2. The number of aromatic nitrogens is 3. The van der Waals surface area contributed by atoms with Crippen molar-refractivity contribution in [3.63, 3.8) is 0 Å². The van der Waals surface area contributed by atoms with Crippen LogP contribution in [0.15, 0.2) is 71.5 Å². The number of nitrogens with zero attached hydrogens (tertiary/aromatic N) is 3. The molecule has 0 spiro atoms. The molecule has 1 atom stereocenters. The molecule has 1 saturated carbocycles. The number of ether oxygens (including phenoxy) is 2. The quantitative estimate of drug-likeness (QED) is 0.167. The molecule has 10 heteroatoms. The number of nitrogens with one attached hydrogen (secondary N) is 2. The van der Waals surface area contributed by atoms with Gasteiger partial charge in [0.05, 0.1) is 37.2 Å². The summed E-state index contributed by atoms with van der Waals surface area (Å²) in [5, 5.41) is 10.8. The van der Waals surface area contributed by atoms with Crippen molar-refractivity contribution < 1.29 is 23.5 Å². The number of carbonyl (C=O) groups is 2. The van der Waals surface area contributed by atoms with Gasteiger partial charge in [-0.3, -0.25) is 14.3 Å². The molecule has 0 saturated heterocycles. The van der Waals surface area contributed by atoms with Gasteiger partial charge in [-0.15, -0.1) is 0 Å². The van der Waals surface area contributed by atoms with Gasteiger partial charge in [-0.05, 0) is 48.9 Å². The lowest BCUT2D eigenvalue weighted by Crippen LogP contribution is -2.40. The molecule has 238 valence electrons. The molecule has 1 fully saturated rings. The number of amides is 2. The zero-order valence-corrected chi connectivity index (χ0v) is 26.3. The second-order valence-corrected chi connectivity index (χ2v) is 12.0. The topological polar surface area (TPSA) is 121 Å². The number of carbonyl (C=O) groups excluding carboxylic acids is 2. The molecule has 2 aromatic heterocycles. The molecule has 2 N–H and O–H groups in total. The zero-order valence-electron chi connectivity index (χ0n) is 26.3. The van der Waals surface area contributed by atoms with Crippen molar-refractivity contribution in [2.45, 2.75) is 84.0 Å². The van der Waals surface area contributed by atoms with Gasteiger partial charge in [0.25, 0.3) is 5.91 Å². The van der Waals surface area contributed by atoms with Gasteiger partial charge in [0.15, 0.2) is 5.69 Å². The molecule has 2 aromatic carbocycles. The fraction of sp³-hybridized carbons (Fsp3) is 0.429. The highest BCUT2D eigenvalue weighted by Gasteiger charge is 2.28. The average molecular weight is 614 g/mol. The third-order valence-corrected chi connectivity index (χ3v) is 8.03. The Kier molecular flexibility index (Phi) is 10.9. The Morgan fingerprint density at radius 1 is 1.04 bits per heavy atom. The maximum atomic E-state index is 13.8. The summed E-state index contributed by atoms with van der Waals surface area (Å²) in [7, 11) is 1.64. The molecule has 1 aliphatic carbocycles. The summed E-state index contributed by atoms with van der Waals surface area (Å²) >= 11 is 0. The first-order valence-corrected chi connectivity index (χ1v) is 15.8. The van der Waals surface area contributed by atoms with E-state index < -0.39 is 0 Å². The van der Waals surface area contributed by atoms with Crippen LogP contribution >= 0.6 is 0 Å². The number of hydrogen-bond donors (Lipinski definition) is 2. The van der Waals surface area contributed by atoms with Crippen LogP contribution in [-0.2, 0) is 17.9 Å². The third-order valence-electron chi connectivity index (χ3n) is 8.03. The van der Waals surface area contributed by atoms with Crippen LogP contribution in [0.2, 0.25) is 0 Å². The minimum absolute atomic E-state index is 0.130. The van der Waals surface area contributed by atoms with E-state index in [1.54, 1.807) is 7.11 Å². The molecule has 45 heavy (non-hydrogen) atoms. The Labute approximate surface area is 264 Å². The second-order valence-electron chi connectivity index (χ2n) is 12.0. The van der Waals surface area contributed by atoms with Crippen molar-refractivity contribution in [2.24, 2.45) is 5.92 Å². The van der Waals surface area contributed by atoms with Crippen molar-refractivity contribution in [2.75, 3.05) is 7.11 Å². The summed E-state index contributed by atoms with van der Waals surface area (Å²) in [6, 6.07) is 17.3. The summed E-state index contributed by atoms with van der Waals surface area (Å²) < 4.78 is 19.4. The van der Waals surface area contributed by atoms with E-state index in [1.807, 2.05) is 59.3 Å². The highest BCUT2D eigenvalue weighted by Crippen LogP contribution is 2.42. The molecule has 0 aliphatic heterocycles. The van der Waals surface area contributed by atoms with E-state index >= 15 is 0 Å². The van der Waals surface area contributed by atoms with Gasteiger partial charge in [0, 0.05) is 12.5 Å². The van der Waals surface area contributed by atoms with Crippen LogP contribution in [0.4, 0.5) is 0 Å². The Bertz CT molecular complexity index is 1530. The molecule has 4 aromatic rings. The van der Waals surface area contributed by atoms with Crippen LogP contribution in [-0.4, -0.2) is 39.7 Å². The molecule has 5 rings (SSSR count). The Morgan fingerprint density at radius 2 is 1.82 bits per heavy atom. The first-order chi connectivity index (χ1) is 21.9. The summed E-state index contributed by atoms with van der Waals surface area (Å²) in [5.74, 6) is 1.48. The van der Waals surface area contributed by atoms with E-state index in [4.69, 9.17) is 19.0 Å². The molecule has 10 nitrogen and oxygen atoms in total. The summed E-state index contributed by atoms with van der Waals surface area (Å²) in [6.07, 6.45) is 9.12. The smallest absolute Gasteiger partial charge is 0.272 e. The van der Waals surface area contributed by atoms with Gasteiger partial charge >= 0.3 is 0 Å². The van der Waals surface area contributed by atoms with E-state index in [9.17, 15) is 9.59 Å². The SMILES string of the molecule is COc1cccc(OCc2ccccc2)c1-c1cc(C(=O)NC(CC(=O)NCc2ncco2)CC(C)C)nn1C1CCCCC1. The minimum atomic E-state index is -0.374. The highest BCUT2D eigenvalue weighted by molar-refractivity contribution is 5.94. The molecule has 0 bridgehead atoms. The van der Waals surface area contributed by atoms with Gasteiger partial charge in [-0.2, -0.15) is 5.10 Å². The highest BCUT2D eigenvalue weighted by atomic mass is 16.5. The van der Waals surface area contributed by atoms with Crippen LogP contribution in [0.1, 0.15) is 86.8 Å². The van der Waals surface area contributed by atoms with Crippen molar-refractivity contribution >= 4 is 11.8 Å². The summed E-state index contributed by atoms with van der Waals surface area (Å²) in [5.41, 5.74) is 2.88. The van der Waals surface area contributed by atoms with Crippen molar-refractivity contribution in [3.8, 4) is 22.8 Å². The van der Waals surface area contributed by atoms with E-state index in [0.717, 1.165) is 42.5 Å². The van der Waals surface area contributed by atoms with E-state index in [2.05, 4.69) is 29.5 Å². The molecule has 2 heterocycles. The lowest BCUT2D eigenvalue weighted by atomic mass is 9.95. The van der Waals surface area contributed by atoms with Crippen LogP contribution in [0.25, 0.3) is 11.3 Å².